The number of imidazole rings is 1. The molecule has 0 saturated carbocycles. The van der Waals surface area contributed by atoms with Crippen molar-refractivity contribution >= 4 is 22.8 Å². The Morgan fingerprint density at radius 1 is 1.03 bits per heavy atom. The Bertz CT molecular complexity index is 1190. The van der Waals surface area contributed by atoms with Crippen LogP contribution in [-0.2, 0) is 31.0 Å². The normalized spacial score (nSPS) is 11.2. The number of carbonyl (C=O) groups is 1. The van der Waals surface area contributed by atoms with Gasteiger partial charge in [-0.15, -0.1) is 0 Å². The van der Waals surface area contributed by atoms with Crippen LogP contribution in [0.3, 0.4) is 0 Å². The van der Waals surface area contributed by atoms with Gasteiger partial charge in [-0.3, -0.25) is 14.2 Å². The number of hydrogen-bond donors (Lipinski definition) is 2. The molecule has 3 rings (SSSR count). The van der Waals surface area contributed by atoms with Crippen molar-refractivity contribution in [2.24, 2.45) is 0 Å². The van der Waals surface area contributed by atoms with Crippen LogP contribution < -0.4 is 16.6 Å². The Balaban J connectivity index is 2.10. The molecule has 0 aliphatic rings. The lowest BCUT2D eigenvalue weighted by atomic mass is 10.2. The van der Waals surface area contributed by atoms with E-state index >= 15 is 0 Å². The van der Waals surface area contributed by atoms with Gasteiger partial charge in [-0.2, -0.15) is 0 Å². The summed E-state index contributed by atoms with van der Waals surface area (Å²) in [7, 11) is 0. The smallest absolute Gasteiger partial charge is 0.333 e. The summed E-state index contributed by atoms with van der Waals surface area (Å²) in [5.74, 6) is -0.131. The highest BCUT2D eigenvalue weighted by Crippen LogP contribution is 2.14. The van der Waals surface area contributed by atoms with E-state index in [0.29, 0.717) is 24.6 Å². The maximum absolute atomic E-state index is 13.3. The number of nitrogens with one attached hydrogen (secondary N) is 1. The number of benzene rings is 1. The molecule has 1 aromatic carbocycles. The van der Waals surface area contributed by atoms with E-state index in [1.165, 1.54) is 4.57 Å². The molecule has 2 N–H and O–H groups in total. The lowest BCUT2D eigenvalue weighted by Gasteiger charge is -2.13. The summed E-state index contributed by atoms with van der Waals surface area (Å²) in [5, 5.41) is 12.5. The molecule has 1 amide bonds. The molecule has 0 bridgehead atoms. The first-order chi connectivity index (χ1) is 14.9. The van der Waals surface area contributed by atoms with E-state index in [9.17, 15) is 19.5 Å². The Hall–Kier alpha value is -3.20. The number of nitrogens with zero attached hydrogens (tertiary/aromatic N) is 4. The molecule has 0 fully saturated rings. The largest absolute Gasteiger partial charge is 0.388 e. The van der Waals surface area contributed by atoms with E-state index in [1.807, 2.05) is 32.9 Å². The molecule has 3 aromatic rings. The zero-order valence-corrected chi connectivity index (χ0v) is 18.2. The van der Waals surface area contributed by atoms with Gasteiger partial charge in [0.2, 0.25) is 5.91 Å². The van der Waals surface area contributed by atoms with E-state index in [-0.39, 0.29) is 17.8 Å². The van der Waals surface area contributed by atoms with Gasteiger partial charge in [0.25, 0.3) is 5.56 Å². The Labute approximate surface area is 180 Å². The summed E-state index contributed by atoms with van der Waals surface area (Å²) in [5.41, 5.74) is 1.00. The van der Waals surface area contributed by atoms with Gasteiger partial charge < -0.3 is 15.0 Å². The van der Waals surface area contributed by atoms with Crippen LogP contribution in [0.4, 0.5) is 5.69 Å². The first-order valence-corrected chi connectivity index (χ1v) is 10.6. The zero-order valence-electron chi connectivity index (χ0n) is 18.2. The molecule has 166 valence electrons. The van der Waals surface area contributed by atoms with Gasteiger partial charge in [0, 0.05) is 18.8 Å². The molecule has 0 spiro atoms. The summed E-state index contributed by atoms with van der Waals surface area (Å²) in [6.07, 6.45) is 2.29. The predicted octanol–water partition coefficient (Wildman–Crippen LogP) is 2.01. The van der Waals surface area contributed by atoms with Crippen LogP contribution in [0.25, 0.3) is 11.2 Å². The van der Waals surface area contributed by atoms with E-state index in [1.54, 1.807) is 16.7 Å². The fraction of sp³-hybridized carbons (Fsp3) is 0.455. The highest BCUT2D eigenvalue weighted by molar-refractivity contribution is 5.90. The van der Waals surface area contributed by atoms with Crippen LogP contribution in [0.15, 0.2) is 33.9 Å². The van der Waals surface area contributed by atoms with Crippen molar-refractivity contribution in [3.8, 4) is 0 Å². The van der Waals surface area contributed by atoms with Crippen molar-refractivity contribution in [1.29, 1.82) is 0 Å². The standard InChI is InChI=1S/C22H29N5O4/c1-4-6-12-26-20-19(25(11-5-2)17(14-28)24-20)21(30)27(22(26)31)13-18(29)23-16-9-7-15(3)8-10-16/h7-10,28H,4-6,11-14H2,1-3H3,(H,23,29). The maximum atomic E-state index is 13.3. The molecular weight excluding hydrogens is 398 g/mol. The van der Waals surface area contributed by atoms with Gasteiger partial charge in [-0.25, -0.2) is 14.3 Å². The number of amides is 1. The molecule has 2 aromatic heterocycles. The van der Waals surface area contributed by atoms with E-state index in [2.05, 4.69) is 10.3 Å². The average Bonchev–Trinajstić information content (AvgIpc) is 3.11. The summed E-state index contributed by atoms with van der Waals surface area (Å²) < 4.78 is 4.04. The third-order valence-corrected chi connectivity index (χ3v) is 5.15. The van der Waals surface area contributed by atoms with Crippen LogP contribution >= 0.6 is 0 Å². The van der Waals surface area contributed by atoms with Gasteiger partial charge in [0.05, 0.1) is 0 Å². The molecule has 9 nitrogen and oxygen atoms in total. The van der Waals surface area contributed by atoms with Gasteiger partial charge in [0.1, 0.15) is 19.0 Å². The summed E-state index contributed by atoms with van der Waals surface area (Å²) in [6, 6.07) is 7.27. The zero-order chi connectivity index (χ0) is 22.5. The second kappa shape index (κ2) is 9.74. The molecule has 0 aliphatic carbocycles. The summed E-state index contributed by atoms with van der Waals surface area (Å²) >= 11 is 0. The minimum absolute atomic E-state index is 0.240. The van der Waals surface area contributed by atoms with Crippen molar-refractivity contribution in [2.75, 3.05) is 5.32 Å². The second-order valence-electron chi connectivity index (χ2n) is 7.60. The molecule has 9 heteroatoms. The summed E-state index contributed by atoms with van der Waals surface area (Å²) in [4.78, 5) is 43.4. The molecular formula is C22H29N5O4. The first kappa shape index (κ1) is 22.5. The minimum atomic E-state index is -0.576. The molecule has 2 heterocycles. The SMILES string of the molecule is CCCCn1c(=O)n(CC(=O)Nc2ccc(C)cc2)c(=O)c2c1nc(CO)n2CCC. The lowest BCUT2D eigenvalue weighted by Crippen LogP contribution is -2.43. The number of rotatable bonds is 9. The van der Waals surface area contributed by atoms with Crippen molar-refractivity contribution in [3.05, 3.63) is 56.5 Å². The number of fused-ring (bicyclic) bond motifs is 1. The van der Waals surface area contributed by atoms with Gasteiger partial charge >= 0.3 is 5.69 Å². The Kier molecular flexibility index (Phi) is 7.06. The van der Waals surface area contributed by atoms with E-state index in [0.717, 1.165) is 29.4 Å². The minimum Gasteiger partial charge on any atom is -0.388 e. The van der Waals surface area contributed by atoms with Crippen LogP contribution in [-0.4, -0.2) is 29.7 Å². The Morgan fingerprint density at radius 3 is 2.35 bits per heavy atom. The molecule has 0 unspecified atom stereocenters. The lowest BCUT2D eigenvalue weighted by molar-refractivity contribution is -0.116. The average molecular weight is 428 g/mol. The van der Waals surface area contributed by atoms with Gasteiger partial charge in [0.15, 0.2) is 11.2 Å². The molecule has 0 saturated heterocycles. The quantitative estimate of drug-likeness (QED) is 0.543. The molecule has 0 radical (unpaired) electrons. The number of anilines is 1. The number of hydrogen-bond acceptors (Lipinski definition) is 5. The maximum Gasteiger partial charge on any atom is 0.333 e. The number of carbonyl (C=O) groups excluding carboxylic acids is 1. The highest BCUT2D eigenvalue weighted by Gasteiger charge is 2.22. The molecule has 31 heavy (non-hydrogen) atoms. The first-order valence-electron chi connectivity index (χ1n) is 10.6. The van der Waals surface area contributed by atoms with Gasteiger partial charge in [-0.05, 0) is 31.9 Å². The van der Waals surface area contributed by atoms with E-state index in [4.69, 9.17) is 0 Å². The van der Waals surface area contributed by atoms with E-state index < -0.39 is 23.7 Å². The predicted molar refractivity (Wildman–Crippen MR) is 119 cm³/mol. The monoisotopic (exact) mass is 427 g/mol. The second-order valence-corrected chi connectivity index (χ2v) is 7.60. The van der Waals surface area contributed by atoms with Crippen LogP contribution in [0.5, 0.6) is 0 Å². The Morgan fingerprint density at radius 2 is 1.74 bits per heavy atom. The van der Waals surface area contributed by atoms with Crippen molar-refractivity contribution in [3.63, 3.8) is 0 Å². The molecule has 0 aliphatic heterocycles. The third kappa shape index (κ3) is 4.61. The van der Waals surface area contributed by atoms with Crippen molar-refractivity contribution < 1.29 is 9.90 Å². The van der Waals surface area contributed by atoms with Crippen LogP contribution in [0.2, 0.25) is 0 Å². The highest BCUT2D eigenvalue weighted by atomic mass is 16.3. The number of aromatic nitrogens is 4. The number of aryl methyl sites for hydroxylation is 3. The van der Waals surface area contributed by atoms with Crippen molar-refractivity contribution in [1.82, 2.24) is 18.7 Å². The fourth-order valence-corrected chi connectivity index (χ4v) is 3.56. The van der Waals surface area contributed by atoms with Crippen LogP contribution in [0, 0.1) is 6.92 Å². The number of aliphatic hydroxyl groups excluding tert-OH is 1. The summed E-state index contributed by atoms with van der Waals surface area (Å²) in [6.45, 7) is 6.00. The van der Waals surface area contributed by atoms with Gasteiger partial charge in [-0.1, -0.05) is 38.0 Å². The fourth-order valence-electron chi connectivity index (χ4n) is 3.56. The topological polar surface area (TPSA) is 111 Å². The third-order valence-electron chi connectivity index (χ3n) is 5.15. The van der Waals surface area contributed by atoms with Crippen LogP contribution in [0.1, 0.15) is 44.5 Å². The number of aliphatic hydroxyl groups is 1. The molecule has 0 atom stereocenters. The number of unbranched alkanes of at least 4 members (excludes halogenated alkanes) is 1. The van der Waals surface area contributed by atoms with Crippen molar-refractivity contribution in [2.45, 2.75) is 66.3 Å².